The molecule has 178 valence electrons. The Morgan fingerprint density at radius 2 is 1.97 bits per heavy atom. The molecule has 10 heteroatoms. The number of para-hydroxylation sites is 1. The van der Waals surface area contributed by atoms with Crippen molar-refractivity contribution in [3.8, 4) is 5.75 Å². The fraction of sp³-hybridized carbons (Fsp3) is 0.417. The highest BCUT2D eigenvalue weighted by molar-refractivity contribution is 5.90. The maximum Gasteiger partial charge on any atom is 0.331 e. The monoisotopic (exact) mass is 463 g/mol. The van der Waals surface area contributed by atoms with E-state index in [0.717, 1.165) is 36.1 Å². The number of nitrogens with two attached hydrogens (primary N) is 1. The molecule has 0 spiro atoms. The van der Waals surface area contributed by atoms with Gasteiger partial charge >= 0.3 is 5.69 Å². The summed E-state index contributed by atoms with van der Waals surface area (Å²) >= 11 is 0. The van der Waals surface area contributed by atoms with Gasteiger partial charge in [-0.25, -0.2) is 14.8 Å². The molecule has 0 aliphatic carbocycles. The first-order chi connectivity index (χ1) is 16.4. The summed E-state index contributed by atoms with van der Waals surface area (Å²) in [6.45, 7) is 3.98. The zero-order valence-electron chi connectivity index (χ0n) is 19.7. The van der Waals surface area contributed by atoms with Gasteiger partial charge in [0.05, 0.1) is 19.2 Å². The van der Waals surface area contributed by atoms with Crippen molar-refractivity contribution in [1.82, 2.24) is 23.7 Å². The summed E-state index contributed by atoms with van der Waals surface area (Å²) in [6, 6.07) is 7.66. The van der Waals surface area contributed by atoms with Gasteiger partial charge in [-0.15, -0.1) is 0 Å². The number of hydrogen-bond donors (Lipinski definition) is 1. The maximum atomic E-state index is 13.8. The van der Waals surface area contributed by atoms with E-state index in [4.69, 9.17) is 10.5 Å². The van der Waals surface area contributed by atoms with Gasteiger partial charge in [0, 0.05) is 44.3 Å². The zero-order valence-corrected chi connectivity index (χ0v) is 19.7. The summed E-state index contributed by atoms with van der Waals surface area (Å²) in [5.74, 6) is 1.72. The van der Waals surface area contributed by atoms with Gasteiger partial charge in [0.2, 0.25) is 0 Å². The molecule has 34 heavy (non-hydrogen) atoms. The Morgan fingerprint density at radius 1 is 1.18 bits per heavy atom. The summed E-state index contributed by atoms with van der Waals surface area (Å²) in [5.41, 5.74) is 7.10. The molecule has 1 aliphatic heterocycles. The van der Waals surface area contributed by atoms with Crippen LogP contribution in [-0.4, -0.2) is 49.9 Å². The summed E-state index contributed by atoms with van der Waals surface area (Å²) in [4.78, 5) is 38.2. The largest absolute Gasteiger partial charge is 0.491 e. The second-order valence-electron chi connectivity index (χ2n) is 8.72. The quantitative estimate of drug-likeness (QED) is 0.477. The lowest BCUT2D eigenvalue weighted by Crippen LogP contribution is -2.43. The van der Waals surface area contributed by atoms with Crippen LogP contribution in [0.3, 0.4) is 0 Å². The molecule has 4 heterocycles. The number of piperidine rings is 1. The Labute approximate surface area is 196 Å². The van der Waals surface area contributed by atoms with Gasteiger partial charge in [0.25, 0.3) is 5.56 Å². The smallest absolute Gasteiger partial charge is 0.331 e. The Bertz CT molecular complexity index is 1500. The van der Waals surface area contributed by atoms with Crippen LogP contribution in [0.2, 0.25) is 0 Å². The van der Waals surface area contributed by atoms with Crippen molar-refractivity contribution in [3.05, 3.63) is 57.1 Å². The molecule has 0 amide bonds. The zero-order chi connectivity index (χ0) is 24.0. The van der Waals surface area contributed by atoms with Crippen molar-refractivity contribution < 1.29 is 4.74 Å². The van der Waals surface area contributed by atoms with Gasteiger partial charge in [-0.05, 0) is 25.8 Å². The highest BCUT2D eigenvalue weighted by Gasteiger charge is 2.30. The molecule has 0 bridgehead atoms. The SMILES string of the molecule is CCn1c(N2CCC[C@@H](N)C2)c(OC)c2c1c(=O)n(Cc1ncc3ccccc3n1)c(=O)n2C. The van der Waals surface area contributed by atoms with E-state index in [1.165, 1.54) is 9.13 Å². The number of hydrogen-bond acceptors (Lipinski definition) is 7. The van der Waals surface area contributed by atoms with Gasteiger partial charge in [-0.1, -0.05) is 18.2 Å². The van der Waals surface area contributed by atoms with Gasteiger partial charge < -0.3 is 19.9 Å². The number of fused-ring (bicyclic) bond motifs is 2. The first kappa shape index (κ1) is 22.1. The Hall–Kier alpha value is -3.66. The minimum Gasteiger partial charge on any atom is -0.491 e. The second kappa shape index (κ2) is 8.60. The molecular weight excluding hydrogens is 434 g/mol. The van der Waals surface area contributed by atoms with Crippen LogP contribution in [-0.2, 0) is 20.1 Å². The van der Waals surface area contributed by atoms with E-state index in [9.17, 15) is 9.59 Å². The summed E-state index contributed by atoms with van der Waals surface area (Å²) in [6.07, 6.45) is 3.63. The number of anilines is 1. The second-order valence-corrected chi connectivity index (χ2v) is 8.72. The minimum atomic E-state index is -0.442. The molecule has 0 radical (unpaired) electrons. The van der Waals surface area contributed by atoms with Crippen LogP contribution >= 0.6 is 0 Å². The highest BCUT2D eigenvalue weighted by Crippen LogP contribution is 2.38. The summed E-state index contributed by atoms with van der Waals surface area (Å²) < 4.78 is 10.4. The molecular formula is C24H29N7O3. The molecule has 5 rings (SSSR count). The van der Waals surface area contributed by atoms with Crippen molar-refractivity contribution in [2.75, 3.05) is 25.1 Å². The van der Waals surface area contributed by atoms with E-state index < -0.39 is 5.69 Å². The van der Waals surface area contributed by atoms with E-state index in [-0.39, 0.29) is 18.1 Å². The lowest BCUT2D eigenvalue weighted by molar-refractivity contribution is 0.410. The molecule has 2 N–H and O–H groups in total. The summed E-state index contributed by atoms with van der Waals surface area (Å²) in [7, 11) is 3.23. The van der Waals surface area contributed by atoms with Crippen molar-refractivity contribution >= 4 is 27.8 Å². The molecule has 1 aromatic carbocycles. The lowest BCUT2D eigenvalue weighted by atomic mass is 10.1. The van der Waals surface area contributed by atoms with Gasteiger partial charge in [0.1, 0.15) is 16.9 Å². The lowest BCUT2D eigenvalue weighted by Gasteiger charge is -2.33. The van der Waals surface area contributed by atoms with E-state index in [1.54, 1.807) is 20.4 Å². The van der Waals surface area contributed by atoms with Crippen LogP contribution in [0.5, 0.6) is 5.75 Å². The van der Waals surface area contributed by atoms with Crippen molar-refractivity contribution in [3.63, 3.8) is 0 Å². The minimum absolute atomic E-state index is 0.0204. The average molecular weight is 464 g/mol. The molecule has 4 aromatic rings. The standard InChI is InChI=1S/C24H29N7O3/c1-4-30-20-19(21(34-3)22(30)29-11-7-9-16(25)13-29)28(2)24(33)31(23(20)32)14-18-26-12-15-8-5-6-10-17(15)27-18/h5-6,8,10,12,16H,4,7,9,11,13-14,25H2,1-3H3/t16-/m1/s1. The maximum absolute atomic E-state index is 13.8. The number of aromatic nitrogens is 5. The topological polar surface area (TPSA) is 113 Å². The molecule has 3 aromatic heterocycles. The predicted octanol–water partition coefficient (Wildman–Crippen LogP) is 1.45. The normalized spacial score (nSPS) is 16.5. The molecule has 0 unspecified atom stereocenters. The van der Waals surface area contributed by atoms with Gasteiger partial charge in [-0.3, -0.25) is 13.9 Å². The van der Waals surface area contributed by atoms with Crippen LogP contribution in [0.15, 0.2) is 40.1 Å². The molecule has 1 aliphatic rings. The van der Waals surface area contributed by atoms with E-state index >= 15 is 0 Å². The van der Waals surface area contributed by atoms with E-state index in [1.807, 2.05) is 35.8 Å². The fourth-order valence-corrected chi connectivity index (χ4v) is 4.97. The fourth-order valence-electron chi connectivity index (χ4n) is 4.97. The molecule has 0 saturated carbocycles. The Morgan fingerprint density at radius 3 is 2.71 bits per heavy atom. The third-order valence-corrected chi connectivity index (χ3v) is 6.59. The first-order valence-electron chi connectivity index (χ1n) is 11.6. The third-order valence-electron chi connectivity index (χ3n) is 6.59. The van der Waals surface area contributed by atoms with E-state index in [0.29, 0.717) is 35.7 Å². The van der Waals surface area contributed by atoms with Crippen LogP contribution in [0.4, 0.5) is 5.82 Å². The highest BCUT2D eigenvalue weighted by atomic mass is 16.5. The number of nitrogens with zero attached hydrogens (tertiary/aromatic N) is 6. The van der Waals surface area contributed by atoms with Crippen LogP contribution < -0.4 is 26.6 Å². The Kier molecular flexibility index (Phi) is 5.60. The van der Waals surface area contributed by atoms with Crippen LogP contribution in [0.25, 0.3) is 21.9 Å². The third kappa shape index (κ3) is 3.45. The molecule has 1 atom stereocenters. The molecule has 10 nitrogen and oxygen atoms in total. The Balaban J connectivity index is 1.71. The van der Waals surface area contributed by atoms with Crippen LogP contribution in [0.1, 0.15) is 25.6 Å². The number of rotatable bonds is 5. The molecule has 1 fully saturated rings. The average Bonchev–Trinajstić information content (AvgIpc) is 3.20. The number of ether oxygens (including phenoxy) is 1. The van der Waals surface area contributed by atoms with Crippen LogP contribution in [0, 0.1) is 0 Å². The number of benzene rings is 1. The number of aryl methyl sites for hydroxylation is 2. The first-order valence-corrected chi connectivity index (χ1v) is 11.6. The van der Waals surface area contributed by atoms with Crippen molar-refractivity contribution in [2.24, 2.45) is 12.8 Å². The van der Waals surface area contributed by atoms with E-state index in [2.05, 4.69) is 14.9 Å². The summed E-state index contributed by atoms with van der Waals surface area (Å²) in [5, 5.41) is 0.899. The number of methoxy groups -OCH3 is 1. The molecule has 1 saturated heterocycles. The van der Waals surface area contributed by atoms with Gasteiger partial charge in [0.15, 0.2) is 11.6 Å². The predicted molar refractivity (Wildman–Crippen MR) is 132 cm³/mol. The van der Waals surface area contributed by atoms with Gasteiger partial charge in [-0.2, -0.15) is 0 Å². The van der Waals surface area contributed by atoms with Crippen molar-refractivity contribution in [2.45, 2.75) is 38.9 Å². The van der Waals surface area contributed by atoms with Crippen molar-refractivity contribution in [1.29, 1.82) is 0 Å².